The number of carbonyl (C=O) groups is 3. The van der Waals surface area contributed by atoms with E-state index in [2.05, 4.69) is 0 Å². The van der Waals surface area contributed by atoms with Gasteiger partial charge < -0.3 is 9.90 Å². The summed E-state index contributed by atoms with van der Waals surface area (Å²) in [5.74, 6) is -1.28. The van der Waals surface area contributed by atoms with Crippen LogP contribution in [0.2, 0.25) is 0 Å². The van der Waals surface area contributed by atoms with Crippen LogP contribution in [0.4, 0.5) is 0 Å². The third kappa shape index (κ3) is 2.32. The Kier molecular flexibility index (Phi) is 3.39. The summed E-state index contributed by atoms with van der Waals surface area (Å²) >= 11 is 0. The van der Waals surface area contributed by atoms with Gasteiger partial charge in [0.25, 0.3) is 0 Å². The van der Waals surface area contributed by atoms with Crippen LogP contribution >= 0.6 is 0 Å². The van der Waals surface area contributed by atoms with E-state index in [1.165, 1.54) is 6.08 Å². The number of ketones is 1. The predicted molar refractivity (Wildman–Crippen MR) is 53.3 cm³/mol. The molecule has 1 N–H and O–H groups in total. The maximum Gasteiger partial charge on any atom is 0.309 e. The second-order valence-corrected chi connectivity index (χ2v) is 4.06. The van der Waals surface area contributed by atoms with Gasteiger partial charge in [-0.3, -0.25) is 9.59 Å². The zero-order chi connectivity index (χ0) is 11.5. The summed E-state index contributed by atoms with van der Waals surface area (Å²) in [6, 6.07) is 0. The molecule has 82 valence electrons. The number of allylic oxidation sites excluding steroid dienone is 2. The molecule has 4 nitrogen and oxygen atoms in total. The van der Waals surface area contributed by atoms with E-state index in [0.717, 1.165) is 0 Å². The molecule has 1 rings (SSSR count). The monoisotopic (exact) mass is 210 g/mol. The fraction of sp³-hybridized carbons (Fsp3) is 0.545. The highest BCUT2D eigenvalue weighted by Crippen LogP contribution is 2.38. The number of aldehydes is 1. The van der Waals surface area contributed by atoms with Crippen LogP contribution in [0.25, 0.3) is 0 Å². The van der Waals surface area contributed by atoms with Gasteiger partial charge in [0.05, 0.1) is 5.41 Å². The Morgan fingerprint density at radius 3 is 2.80 bits per heavy atom. The molecule has 2 unspecified atom stereocenters. The lowest BCUT2D eigenvalue weighted by Crippen LogP contribution is -2.34. The van der Waals surface area contributed by atoms with Crippen molar-refractivity contribution in [3.05, 3.63) is 12.2 Å². The van der Waals surface area contributed by atoms with Crippen LogP contribution < -0.4 is 0 Å². The molecular weight excluding hydrogens is 196 g/mol. The first-order valence-corrected chi connectivity index (χ1v) is 4.89. The molecule has 15 heavy (non-hydrogen) atoms. The van der Waals surface area contributed by atoms with Gasteiger partial charge in [-0.25, -0.2) is 0 Å². The Bertz CT molecular complexity index is 319. The average Bonchev–Trinajstić information content (AvgIpc) is 2.61. The molecule has 0 spiro atoms. The smallest absolute Gasteiger partial charge is 0.309 e. The summed E-state index contributed by atoms with van der Waals surface area (Å²) in [6.07, 6.45) is 4.49. The zero-order valence-electron chi connectivity index (χ0n) is 8.60. The lowest BCUT2D eigenvalue weighted by Gasteiger charge is -2.29. The van der Waals surface area contributed by atoms with Crippen molar-refractivity contribution in [3.63, 3.8) is 0 Å². The van der Waals surface area contributed by atoms with Crippen LogP contribution in [0.3, 0.4) is 0 Å². The van der Waals surface area contributed by atoms with Crippen molar-refractivity contribution in [2.24, 2.45) is 11.3 Å². The Morgan fingerprint density at radius 1 is 1.73 bits per heavy atom. The Balaban J connectivity index is 2.81. The van der Waals surface area contributed by atoms with Crippen LogP contribution in [-0.4, -0.2) is 23.1 Å². The molecule has 0 amide bonds. The Labute approximate surface area is 88.0 Å². The van der Waals surface area contributed by atoms with Crippen molar-refractivity contribution >= 4 is 18.0 Å². The second-order valence-electron chi connectivity index (χ2n) is 4.06. The number of hydrogen-bond donors (Lipinski definition) is 1. The number of carboxylic acid groups (broad SMARTS) is 1. The minimum atomic E-state index is -1.01. The topological polar surface area (TPSA) is 71.4 Å². The van der Waals surface area contributed by atoms with Gasteiger partial charge in [-0.2, -0.15) is 0 Å². The van der Waals surface area contributed by atoms with Crippen LogP contribution in [0.1, 0.15) is 26.2 Å². The van der Waals surface area contributed by atoms with E-state index in [0.29, 0.717) is 6.29 Å². The molecule has 1 aliphatic carbocycles. The normalized spacial score (nSPS) is 23.8. The highest BCUT2D eigenvalue weighted by Gasteiger charge is 2.41. The van der Waals surface area contributed by atoms with E-state index in [9.17, 15) is 14.4 Å². The van der Waals surface area contributed by atoms with Crippen molar-refractivity contribution in [2.45, 2.75) is 26.2 Å². The van der Waals surface area contributed by atoms with Gasteiger partial charge in [0.1, 0.15) is 6.29 Å². The molecule has 0 fully saturated rings. The van der Waals surface area contributed by atoms with E-state index in [4.69, 9.17) is 5.11 Å². The number of carbonyl (C=O) groups excluding carboxylic acids is 2. The molecule has 2 atom stereocenters. The molecule has 0 bridgehead atoms. The lowest BCUT2D eigenvalue weighted by molar-refractivity contribution is -0.151. The fourth-order valence-electron chi connectivity index (χ4n) is 1.82. The van der Waals surface area contributed by atoms with Crippen molar-refractivity contribution in [3.8, 4) is 0 Å². The van der Waals surface area contributed by atoms with Gasteiger partial charge in [0.2, 0.25) is 0 Å². The zero-order valence-corrected chi connectivity index (χ0v) is 8.60. The number of hydrogen-bond acceptors (Lipinski definition) is 3. The minimum absolute atomic E-state index is 0.0430. The lowest BCUT2D eigenvalue weighted by atomic mass is 9.73. The van der Waals surface area contributed by atoms with E-state index in [1.54, 1.807) is 13.0 Å². The van der Waals surface area contributed by atoms with Crippen LogP contribution in [0, 0.1) is 11.3 Å². The molecule has 0 saturated heterocycles. The average molecular weight is 210 g/mol. The van der Waals surface area contributed by atoms with Crippen LogP contribution in [0.5, 0.6) is 0 Å². The van der Waals surface area contributed by atoms with Gasteiger partial charge in [0.15, 0.2) is 5.78 Å². The number of aliphatic carboxylic acids is 1. The van der Waals surface area contributed by atoms with Crippen molar-refractivity contribution in [1.82, 2.24) is 0 Å². The molecule has 0 heterocycles. The predicted octanol–water partition coefficient (Wildman–Crippen LogP) is 1.20. The quantitative estimate of drug-likeness (QED) is 0.692. The molecule has 4 heteroatoms. The van der Waals surface area contributed by atoms with E-state index in [-0.39, 0.29) is 31.0 Å². The van der Waals surface area contributed by atoms with E-state index >= 15 is 0 Å². The number of rotatable bonds is 5. The molecule has 0 aromatic rings. The first-order chi connectivity index (χ1) is 7.00. The maximum atomic E-state index is 11.2. The summed E-state index contributed by atoms with van der Waals surface area (Å²) in [4.78, 5) is 32.5. The third-order valence-corrected chi connectivity index (χ3v) is 3.02. The minimum Gasteiger partial charge on any atom is -0.481 e. The molecular formula is C11H14O4. The first kappa shape index (κ1) is 11.6. The highest BCUT2D eigenvalue weighted by molar-refractivity contribution is 5.93. The van der Waals surface area contributed by atoms with Crippen molar-refractivity contribution in [2.75, 3.05) is 0 Å². The Hall–Kier alpha value is -1.45. The summed E-state index contributed by atoms with van der Waals surface area (Å²) in [5, 5.41) is 9.14. The largest absolute Gasteiger partial charge is 0.481 e. The fourth-order valence-corrected chi connectivity index (χ4v) is 1.82. The molecule has 0 aliphatic heterocycles. The second kappa shape index (κ2) is 4.38. The van der Waals surface area contributed by atoms with Gasteiger partial charge in [-0.1, -0.05) is 6.08 Å². The van der Waals surface area contributed by atoms with Crippen molar-refractivity contribution in [1.29, 1.82) is 0 Å². The van der Waals surface area contributed by atoms with E-state index < -0.39 is 11.4 Å². The molecule has 0 saturated carbocycles. The van der Waals surface area contributed by atoms with Gasteiger partial charge in [-0.15, -0.1) is 0 Å². The molecule has 0 aromatic heterocycles. The summed E-state index contributed by atoms with van der Waals surface area (Å²) < 4.78 is 0. The molecule has 1 aliphatic rings. The molecule has 0 aromatic carbocycles. The van der Waals surface area contributed by atoms with Crippen LogP contribution in [-0.2, 0) is 14.4 Å². The van der Waals surface area contributed by atoms with Crippen molar-refractivity contribution < 1.29 is 19.5 Å². The Morgan fingerprint density at radius 2 is 2.40 bits per heavy atom. The van der Waals surface area contributed by atoms with Gasteiger partial charge in [0, 0.05) is 18.8 Å². The molecule has 0 radical (unpaired) electrons. The van der Waals surface area contributed by atoms with E-state index in [1.807, 2.05) is 0 Å². The summed E-state index contributed by atoms with van der Waals surface area (Å²) in [6.45, 7) is 1.59. The summed E-state index contributed by atoms with van der Waals surface area (Å²) in [5.41, 5.74) is -1.01. The summed E-state index contributed by atoms with van der Waals surface area (Å²) in [7, 11) is 0. The van der Waals surface area contributed by atoms with Gasteiger partial charge in [-0.05, 0) is 19.4 Å². The first-order valence-electron chi connectivity index (χ1n) is 4.89. The maximum absolute atomic E-state index is 11.2. The van der Waals surface area contributed by atoms with Gasteiger partial charge >= 0.3 is 5.97 Å². The SMILES string of the molecule is CC(CCC=O)(C(=O)O)C1C=CC(=O)C1. The highest BCUT2D eigenvalue weighted by atomic mass is 16.4. The standard InChI is InChI=1S/C11H14O4/c1-11(10(14)15,5-2-6-12)8-3-4-9(13)7-8/h3-4,6,8H,2,5,7H2,1H3,(H,14,15). The number of carboxylic acids is 1. The third-order valence-electron chi connectivity index (χ3n) is 3.02. The van der Waals surface area contributed by atoms with Crippen LogP contribution in [0.15, 0.2) is 12.2 Å².